The lowest BCUT2D eigenvalue weighted by atomic mass is 10.1. The summed E-state index contributed by atoms with van der Waals surface area (Å²) in [7, 11) is 3.62. The number of aliphatic hydroxyl groups is 1. The molecule has 0 bridgehead atoms. The van der Waals surface area contributed by atoms with Crippen molar-refractivity contribution in [1.29, 1.82) is 0 Å². The molecule has 0 saturated heterocycles. The van der Waals surface area contributed by atoms with Gasteiger partial charge in [-0.1, -0.05) is 18.2 Å². The van der Waals surface area contributed by atoms with Gasteiger partial charge in [0.2, 0.25) is 0 Å². The summed E-state index contributed by atoms with van der Waals surface area (Å²) in [6.07, 6.45) is -0.522. The Morgan fingerprint density at radius 3 is 2.52 bits per heavy atom. The molecule has 2 aromatic rings. The summed E-state index contributed by atoms with van der Waals surface area (Å²) in [5.41, 5.74) is 2.91. The first-order valence-corrected chi connectivity index (χ1v) is 7.01. The van der Waals surface area contributed by atoms with Crippen LogP contribution >= 0.6 is 0 Å². The van der Waals surface area contributed by atoms with Gasteiger partial charge in [-0.05, 0) is 43.8 Å². The molecule has 112 valence electrons. The standard InChI is InChI=1S/C17H22N2O2/c1-13-5-4-6-15(18-13)11-19(2)12-17(20)14-7-9-16(21-3)10-8-14/h4-10,17,20H,11-12H2,1-3H3. The first-order chi connectivity index (χ1) is 10.1. The lowest BCUT2D eigenvalue weighted by molar-refractivity contribution is 0.123. The maximum atomic E-state index is 10.3. The molecule has 1 N–H and O–H groups in total. The molecular weight excluding hydrogens is 264 g/mol. The Bertz CT molecular complexity index is 569. The normalized spacial score (nSPS) is 12.4. The van der Waals surface area contributed by atoms with Crippen LogP contribution in [0, 0.1) is 6.92 Å². The van der Waals surface area contributed by atoms with Gasteiger partial charge < -0.3 is 9.84 Å². The second-order valence-electron chi connectivity index (χ2n) is 5.26. The molecule has 0 fully saturated rings. The maximum Gasteiger partial charge on any atom is 0.118 e. The quantitative estimate of drug-likeness (QED) is 0.886. The first-order valence-electron chi connectivity index (χ1n) is 7.01. The van der Waals surface area contributed by atoms with Crippen LogP contribution in [-0.2, 0) is 6.54 Å². The summed E-state index contributed by atoms with van der Waals surface area (Å²) >= 11 is 0. The molecule has 0 saturated carbocycles. The number of nitrogens with zero attached hydrogens (tertiary/aromatic N) is 2. The lowest BCUT2D eigenvalue weighted by Crippen LogP contribution is -2.24. The number of ether oxygens (including phenoxy) is 1. The third-order valence-electron chi connectivity index (χ3n) is 3.36. The second-order valence-corrected chi connectivity index (χ2v) is 5.26. The van der Waals surface area contributed by atoms with Crippen LogP contribution in [-0.4, -0.2) is 35.7 Å². The zero-order valence-electron chi connectivity index (χ0n) is 12.8. The summed E-state index contributed by atoms with van der Waals surface area (Å²) in [4.78, 5) is 6.54. The van der Waals surface area contributed by atoms with Gasteiger partial charge in [0.05, 0.1) is 18.9 Å². The van der Waals surface area contributed by atoms with Gasteiger partial charge in [-0.25, -0.2) is 0 Å². The van der Waals surface area contributed by atoms with Crippen LogP contribution in [0.15, 0.2) is 42.5 Å². The van der Waals surface area contributed by atoms with Crippen molar-refractivity contribution >= 4 is 0 Å². The molecule has 1 aromatic heterocycles. The molecule has 0 spiro atoms. The molecule has 1 unspecified atom stereocenters. The van der Waals surface area contributed by atoms with Gasteiger partial charge in [-0.2, -0.15) is 0 Å². The number of aliphatic hydroxyl groups excluding tert-OH is 1. The molecule has 2 rings (SSSR count). The fourth-order valence-corrected chi connectivity index (χ4v) is 2.26. The predicted octanol–water partition coefficient (Wildman–Crippen LogP) is 2.56. The number of pyridine rings is 1. The molecule has 1 atom stereocenters. The number of hydrogen-bond acceptors (Lipinski definition) is 4. The van der Waals surface area contributed by atoms with Gasteiger partial charge in [-0.15, -0.1) is 0 Å². The van der Waals surface area contributed by atoms with Crippen molar-refractivity contribution in [3.8, 4) is 5.75 Å². The van der Waals surface area contributed by atoms with Crippen molar-refractivity contribution in [2.75, 3.05) is 20.7 Å². The van der Waals surface area contributed by atoms with Crippen LogP contribution in [0.1, 0.15) is 23.1 Å². The Hall–Kier alpha value is -1.91. The van der Waals surface area contributed by atoms with Crippen molar-refractivity contribution < 1.29 is 9.84 Å². The minimum Gasteiger partial charge on any atom is -0.497 e. The monoisotopic (exact) mass is 286 g/mol. The van der Waals surface area contributed by atoms with Crippen molar-refractivity contribution in [2.45, 2.75) is 19.6 Å². The van der Waals surface area contributed by atoms with Crippen LogP contribution in [0.3, 0.4) is 0 Å². The van der Waals surface area contributed by atoms with Crippen LogP contribution < -0.4 is 4.74 Å². The van der Waals surface area contributed by atoms with Gasteiger partial charge in [0.25, 0.3) is 0 Å². The highest BCUT2D eigenvalue weighted by Gasteiger charge is 2.11. The minimum absolute atomic E-state index is 0.522. The van der Waals surface area contributed by atoms with E-state index in [1.807, 2.05) is 56.4 Å². The number of hydrogen-bond donors (Lipinski definition) is 1. The molecule has 4 nitrogen and oxygen atoms in total. The highest BCUT2D eigenvalue weighted by Crippen LogP contribution is 2.18. The van der Waals surface area contributed by atoms with E-state index in [1.165, 1.54) is 0 Å². The highest BCUT2D eigenvalue weighted by molar-refractivity contribution is 5.28. The van der Waals surface area contributed by atoms with E-state index in [4.69, 9.17) is 4.74 Å². The number of aryl methyl sites for hydroxylation is 1. The molecule has 0 aliphatic carbocycles. The smallest absolute Gasteiger partial charge is 0.118 e. The van der Waals surface area contributed by atoms with E-state index in [9.17, 15) is 5.11 Å². The van der Waals surface area contributed by atoms with Gasteiger partial charge in [-0.3, -0.25) is 9.88 Å². The van der Waals surface area contributed by atoms with Crippen molar-refractivity contribution in [2.24, 2.45) is 0 Å². The second kappa shape index (κ2) is 7.20. The molecule has 0 aliphatic heterocycles. The molecular formula is C17H22N2O2. The fraction of sp³-hybridized carbons (Fsp3) is 0.353. The SMILES string of the molecule is COc1ccc(C(O)CN(C)Cc2cccc(C)n2)cc1. The summed E-state index contributed by atoms with van der Waals surface area (Å²) in [6, 6.07) is 13.5. The molecule has 4 heteroatoms. The van der Waals surface area contributed by atoms with E-state index in [0.717, 1.165) is 29.2 Å². The van der Waals surface area contributed by atoms with E-state index in [0.29, 0.717) is 6.54 Å². The Morgan fingerprint density at radius 2 is 1.90 bits per heavy atom. The van der Waals surface area contributed by atoms with Crippen LogP contribution in [0.25, 0.3) is 0 Å². The lowest BCUT2D eigenvalue weighted by Gasteiger charge is -2.20. The molecule has 0 amide bonds. The van der Waals surface area contributed by atoms with E-state index >= 15 is 0 Å². The van der Waals surface area contributed by atoms with Gasteiger partial charge >= 0.3 is 0 Å². The third kappa shape index (κ3) is 4.55. The average Bonchev–Trinajstić information content (AvgIpc) is 2.47. The predicted molar refractivity (Wildman–Crippen MR) is 83.3 cm³/mol. The van der Waals surface area contributed by atoms with E-state index in [2.05, 4.69) is 9.88 Å². The summed E-state index contributed by atoms with van der Waals surface area (Å²) in [6.45, 7) is 3.26. The topological polar surface area (TPSA) is 45.6 Å². The van der Waals surface area contributed by atoms with Crippen molar-refractivity contribution in [3.05, 3.63) is 59.4 Å². The Kier molecular flexibility index (Phi) is 5.31. The van der Waals surface area contributed by atoms with Gasteiger partial charge in [0.15, 0.2) is 0 Å². The van der Waals surface area contributed by atoms with Gasteiger partial charge in [0.1, 0.15) is 5.75 Å². The Morgan fingerprint density at radius 1 is 1.19 bits per heavy atom. The molecule has 21 heavy (non-hydrogen) atoms. The molecule has 1 heterocycles. The maximum absolute atomic E-state index is 10.3. The third-order valence-corrected chi connectivity index (χ3v) is 3.36. The van der Waals surface area contributed by atoms with Crippen molar-refractivity contribution in [1.82, 2.24) is 9.88 Å². The van der Waals surface area contributed by atoms with E-state index in [-0.39, 0.29) is 0 Å². The zero-order chi connectivity index (χ0) is 15.2. The molecule has 1 aromatic carbocycles. The Balaban J connectivity index is 1.93. The number of likely N-dealkylation sites (N-methyl/N-ethyl adjacent to an activating group) is 1. The first kappa shape index (κ1) is 15.5. The molecule has 0 aliphatic rings. The average molecular weight is 286 g/mol. The largest absolute Gasteiger partial charge is 0.497 e. The van der Waals surface area contributed by atoms with Crippen LogP contribution in [0.5, 0.6) is 5.75 Å². The van der Waals surface area contributed by atoms with Crippen LogP contribution in [0.2, 0.25) is 0 Å². The minimum atomic E-state index is -0.522. The number of benzene rings is 1. The van der Waals surface area contributed by atoms with Crippen molar-refractivity contribution in [3.63, 3.8) is 0 Å². The van der Waals surface area contributed by atoms with E-state index < -0.39 is 6.10 Å². The summed E-state index contributed by atoms with van der Waals surface area (Å²) in [5.74, 6) is 0.795. The van der Waals surface area contributed by atoms with Crippen LogP contribution in [0.4, 0.5) is 0 Å². The fourth-order valence-electron chi connectivity index (χ4n) is 2.26. The highest BCUT2D eigenvalue weighted by atomic mass is 16.5. The Labute approximate surface area is 126 Å². The number of aromatic nitrogens is 1. The number of methoxy groups -OCH3 is 1. The summed E-state index contributed by atoms with van der Waals surface area (Å²) in [5, 5.41) is 10.3. The number of rotatable bonds is 6. The zero-order valence-corrected chi connectivity index (χ0v) is 12.8. The molecule has 0 radical (unpaired) electrons. The summed E-state index contributed by atoms with van der Waals surface area (Å²) < 4.78 is 5.12. The van der Waals surface area contributed by atoms with E-state index in [1.54, 1.807) is 7.11 Å². The van der Waals surface area contributed by atoms with Gasteiger partial charge in [0, 0.05) is 18.8 Å².